The quantitative estimate of drug-likeness (QED) is 0.885. The Morgan fingerprint density at radius 2 is 1.89 bits per heavy atom. The van der Waals surface area contributed by atoms with Gasteiger partial charge in [-0.15, -0.1) is 0 Å². The van der Waals surface area contributed by atoms with Crippen molar-refractivity contribution in [3.8, 4) is 5.75 Å². The summed E-state index contributed by atoms with van der Waals surface area (Å²) in [5.41, 5.74) is -0.0202. The van der Waals surface area contributed by atoms with Gasteiger partial charge in [0.1, 0.15) is 5.75 Å². The highest BCUT2D eigenvalue weighted by Crippen LogP contribution is 2.43. The Kier molecular flexibility index (Phi) is 5.17. The molecule has 148 valence electrons. The summed E-state index contributed by atoms with van der Waals surface area (Å²) in [4.78, 5) is 15.8. The first-order chi connectivity index (χ1) is 13.1. The molecular formula is C22H31NO4. The normalized spacial score (nSPS) is 30.4. The lowest BCUT2D eigenvalue weighted by molar-refractivity contribution is -0.152. The number of rotatable bonds is 3. The summed E-state index contributed by atoms with van der Waals surface area (Å²) in [6.45, 7) is 2.57. The van der Waals surface area contributed by atoms with Crippen molar-refractivity contribution in [3.63, 3.8) is 0 Å². The minimum absolute atomic E-state index is 0.212. The standard InChI is InChI=1S/C22H31NO4/c1-26-19-7-5-17(6-8-19)21(11-14-27-15-12-21)20(24)23-13-10-22(25)9-3-2-4-18(22)16-23/h5-8,18,25H,2-4,9-16H2,1H3/t18-,22+/m1/s1. The van der Waals surface area contributed by atoms with Gasteiger partial charge in [-0.25, -0.2) is 0 Å². The number of hydrogen-bond acceptors (Lipinski definition) is 4. The van der Waals surface area contributed by atoms with E-state index in [1.807, 2.05) is 29.2 Å². The van der Waals surface area contributed by atoms with Crippen molar-refractivity contribution < 1.29 is 19.4 Å². The van der Waals surface area contributed by atoms with E-state index in [4.69, 9.17) is 9.47 Å². The summed E-state index contributed by atoms with van der Waals surface area (Å²) in [6, 6.07) is 7.94. The van der Waals surface area contributed by atoms with E-state index in [-0.39, 0.29) is 11.8 Å². The molecule has 1 N–H and O–H groups in total. The highest BCUT2D eigenvalue weighted by Gasteiger charge is 2.49. The number of amides is 1. The lowest BCUT2D eigenvalue weighted by Crippen LogP contribution is -2.58. The van der Waals surface area contributed by atoms with Crippen LogP contribution in [-0.4, -0.2) is 54.9 Å². The second kappa shape index (κ2) is 7.44. The van der Waals surface area contributed by atoms with Gasteiger partial charge in [-0.05, 0) is 49.8 Å². The van der Waals surface area contributed by atoms with Gasteiger partial charge in [0.2, 0.25) is 5.91 Å². The highest BCUT2D eigenvalue weighted by atomic mass is 16.5. The fourth-order valence-corrected chi connectivity index (χ4v) is 5.31. The molecule has 0 spiro atoms. The van der Waals surface area contributed by atoms with Gasteiger partial charge in [-0.2, -0.15) is 0 Å². The van der Waals surface area contributed by atoms with Crippen LogP contribution < -0.4 is 4.74 Å². The third-order valence-corrected chi connectivity index (χ3v) is 7.11. The molecule has 0 aromatic heterocycles. The van der Waals surface area contributed by atoms with Crippen LogP contribution in [0.2, 0.25) is 0 Å². The lowest BCUT2D eigenvalue weighted by Gasteiger charge is -2.50. The molecule has 5 heteroatoms. The maximum Gasteiger partial charge on any atom is 0.233 e. The van der Waals surface area contributed by atoms with Crippen LogP contribution in [0, 0.1) is 5.92 Å². The molecule has 1 aromatic rings. The molecule has 0 unspecified atom stereocenters. The number of nitrogens with zero attached hydrogens (tertiary/aromatic N) is 1. The molecule has 1 aliphatic carbocycles. The van der Waals surface area contributed by atoms with Gasteiger partial charge in [-0.3, -0.25) is 4.79 Å². The minimum atomic E-state index is -0.558. The van der Waals surface area contributed by atoms with E-state index < -0.39 is 11.0 Å². The Morgan fingerprint density at radius 3 is 2.59 bits per heavy atom. The first-order valence-corrected chi connectivity index (χ1v) is 10.3. The average Bonchev–Trinajstić information content (AvgIpc) is 2.73. The summed E-state index contributed by atoms with van der Waals surface area (Å²) in [7, 11) is 1.66. The zero-order valence-electron chi connectivity index (χ0n) is 16.3. The third kappa shape index (κ3) is 3.36. The summed E-state index contributed by atoms with van der Waals surface area (Å²) < 4.78 is 10.9. The Hall–Kier alpha value is -1.59. The number of likely N-dealkylation sites (tertiary alicyclic amines) is 1. The second-order valence-corrected chi connectivity index (χ2v) is 8.47. The topological polar surface area (TPSA) is 59.0 Å². The molecule has 1 amide bonds. The summed E-state index contributed by atoms with van der Waals surface area (Å²) in [5, 5.41) is 11.0. The first-order valence-electron chi connectivity index (χ1n) is 10.3. The van der Waals surface area contributed by atoms with Crippen LogP contribution in [0.5, 0.6) is 5.75 Å². The molecule has 2 heterocycles. The average molecular weight is 373 g/mol. The number of carbonyl (C=O) groups is 1. The van der Waals surface area contributed by atoms with Gasteiger partial charge in [0.05, 0.1) is 18.1 Å². The predicted molar refractivity (Wildman–Crippen MR) is 103 cm³/mol. The number of fused-ring (bicyclic) bond motifs is 1. The van der Waals surface area contributed by atoms with E-state index in [2.05, 4.69) is 0 Å². The molecule has 2 atom stereocenters. The molecule has 0 bridgehead atoms. The molecule has 4 rings (SSSR count). The van der Waals surface area contributed by atoms with Gasteiger partial charge in [0.15, 0.2) is 0 Å². The minimum Gasteiger partial charge on any atom is -0.497 e. The first kappa shape index (κ1) is 18.8. The molecule has 27 heavy (non-hydrogen) atoms. The maximum absolute atomic E-state index is 13.8. The van der Waals surface area contributed by atoms with E-state index in [0.717, 1.165) is 37.0 Å². The van der Waals surface area contributed by atoms with Crippen LogP contribution >= 0.6 is 0 Å². The third-order valence-electron chi connectivity index (χ3n) is 7.11. The number of piperidine rings is 1. The van der Waals surface area contributed by atoms with Gasteiger partial charge in [0.25, 0.3) is 0 Å². The summed E-state index contributed by atoms with van der Waals surface area (Å²) in [5.74, 6) is 1.24. The largest absolute Gasteiger partial charge is 0.497 e. The Labute approximate surface area is 161 Å². The molecule has 3 aliphatic rings. The fourth-order valence-electron chi connectivity index (χ4n) is 5.31. The van der Waals surface area contributed by atoms with Crippen molar-refractivity contribution in [2.24, 2.45) is 5.92 Å². The Balaban J connectivity index is 1.59. The van der Waals surface area contributed by atoms with Gasteiger partial charge in [-0.1, -0.05) is 25.0 Å². The van der Waals surface area contributed by atoms with Crippen LogP contribution in [0.1, 0.15) is 50.5 Å². The van der Waals surface area contributed by atoms with Gasteiger partial charge < -0.3 is 19.5 Å². The monoisotopic (exact) mass is 373 g/mol. The van der Waals surface area contributed by atoms with Crippen molar-refractivity contribution in [3.05, 3.63) is 29.8 Å². The van der Waals surface area contributed by atoms with Crippen molar-refractivity contribution in [2.75, 3.05) is 33.4 Å². The fraction of sp³-hybridized carbons (Fsp3) is 0.682. The summed E-state index contributed by atoms with van der Waals surface area (Å²) >= 11 is 0. The van der Waals surface area contributed by atoms with E-state index in [0.29, 0.717) is 45.6 Å². The smallest absolute Gasteiger partial charge is 0.233 e. The number of benzene rings is 1. The zero-order valence-corrected chi connectivity index (χ0v) is 16.3. The van der Waals surface area contributed by atoms with Crippen molar-refractivity contribution in [1.29, 1.82) is 0 Å². The predicted octanol–water partition coefficient (Wildman–Crippen LogP) is 2.90. The Morgan fingerprint density at radius 1 is 1.15 bits per heavy atom. The lowest BCUT2D eigenvalue weighted by atomic mass is 9.69. The highest BCUT2D eigenvalue weighted by molar-refractivity contribution is 5.88. The Bertz CT molecular complexity index is 667. The second-order valence-electron chi connectivity index (χ2n) is 8.47. The van der Waals surface area contributed by atoms with E-state index in [1.54, 1.807) is 7.11 Å². The van der Waals surface area contributed by atoms with Crippen LogP contribution in [0.3, 0.4) is 0 Å². The number of methoxy groups -OCH3 is 1. The molecule has 0 radical (unpaired) electrons. The SMILES string of the molecule is COc1ccc(C2(C(=O)N3CC[C@@]4(O)CCCC[C@@H]4C3)CCOCC2)cc1. The van der Waals surface area contributed by atoms with Crippen LogP contribution in [-0.2, 0) is 14.9 Å². The molecule has 2 saturated heterocycles. The molecule has 5 nitrogen and oxygen atoms in total. The van der Waals surface area contributed by atoms with Gasteiger partial charge >= 0.3 is 0 Å². The van der Waals surface area contributed by atoms with Crippen molar-refractivity contribution in [2.45, 2.75) is 56.0 Å². The van der Waals surface area contributed by atoms with E-state index in [9.17, 15) is 9.90 Å². The summed E-state index contributed by atoms with van der Waals surface area (Å²) in [6.07, 6.45) is 6.31. The maximum atomic E-state index is 13.8. The zero-order chi connectivity index (χ0) is 18.9. The number of carbonyl (C=O) groups excluding carboxylic acids is 1. The van der Waals surface area contributed by atoms with Crippen molar-refractivity contribution >= 4 is 5.91 Å². The van der Waals surface area contributed by atoms with Crippen LogP contribution in [0.4, 0.5) is 0 Å². The van der Waals surface area contributed by atoms with E-state index in [1.165, 1.54) is 0 Å². The molecular weight excluding hydrogens is 342 g/mol. The molecule has 3 fully saturated rings. The number of ether oxygens (including phenoxy) is 2. The number of hydrogen-bond donors (Lipinski definition) is 1. The van der Waals surface area contributed by atoms with Crippen molar-refractivity contribution in [1.82, 2.24) is 4.90 Å². The van der Waals surface area contributed by atoms with Crippen LogP contribution in [0.15, 0.2) is 24.3 Å². The number of aliphatic hydroxyl groups is 1. The molecule has 1 aromatic carbocycles. The molecule has 1 saturated carbocycles. The van der Waals surface area contributed by atoms with E-state index >= 15 is 0 Å². The molecule has 2 aliphatic heterocycles. The van der Waals surface area contributed by atoms with Crippen LogP contribution in [0.25, 0.3) is 0 Å². The van der Waals surface area contributed by atoms with Gasteiger partial charge in [0, 0.05) is 32.2 Å².